The lowest BCUT2D eigenvalue weighted by atomic mass is 10.1. The molecule has 2 N–H and O–H groups in total. The number of rotatable bonds is 4. The Kier molecular flexibility index (Phi) is 5.11. The fraction of sp³-hybridized carbons (Fsp3) is 0.214. The summed E-state index contributed by atoms with van der Waals surface area (Å²) in [5, 5.41) is 2.29. The molecule has 0 aliphatic carbocycles. The third-order valence-corrected chi connectivity index (χ3v) is 4.63. The van der Waals surface area contributed by atoms with Gasteiger partial charge in [0, 0.05) is 17.3 Å². The van der Waals surface area contributed by atoms with E-state index < -0.39 is 0 Å². The van der Waals surface area contributed by atoms with Crippen molar-refractivity contribution < 1.29 is 0 Å². The first-order chi connectivity index (χ1) is 9.08. The Morgan fingerprint density at radius 2 is 1.89 bits per heavy atom. The van der Waals surface area contributed by atoms with E-state index >= 15 is 0 Å². The summed E-state index contributed by atoms with van der Waals surface area (Å²) in [5.41, 5.74) is 7.11. The fourth-order valence-corrected chi connectivity index (χ4v) is 3.22. The quantitative estimate of drug-likeness (QED) is 0.840. The van der Waals surface area contributed by atoms with Crippen LogP contribution < -0.4 is 5.73 Å². The molecule has 0 aliphatic heterocycles. The number of thioether (sulfide) groups is 1. The van der Waals surface area contributed by atoms with Gasteiger partial charge in [-0.25, -0.2) is 4.98 Å². The first kappa shape index (κ1) is 14.7. The highest BCUT2D eigenvalue weighted by atomic mass is 35.5. The number of nitrogens with zero attached hydrogens (tertiary/aromatic N) is 1. The van der Waals surface area contributed by atoms with Gasteiger partial charge in [-0.15, -0.1) is 0 Å². The van der Waals surface area contributed by atoms with E-state index in [9.17, 15) is 0 Å². The third kappa shape index (κ3) is 3.86. The maximum absolute atomic E-state index is 6.24. The van der Waals surface area contributed by atoms with Crippen molar-refractivity contribution in [2.24, 2.45) is 5.73 Å². The van der Waals surface area contributed by atoms with Crippen LogP contribution in [0.1, 0.15) is 17.7 Å². The molecule has 2 atom stereocenters. The van der Waals surface area contributed by atoms with E-state index in [2.05, 4.69) is 4.98 Å². The highest BCUT2D eigenvalue weighted by Gasteiger charge is 2.20. The number of benzene rings is 1. The molecule has 2 unspecified atom stereocenters. The summed E-state index contributed by atoms with van der Waals surface area (Å²) in [6.07, 6.45) is 1.63. The Hall–Kier alpha value is -0.740. The van der Waals surface area contributed by atoms with Crippen LogP contribution in [-0.2, 0) is 0 Å². The largest absolute Gasteiger partial charge is 0.327 e. The maximum atomic E-state index is 6.24. The smallest absolute Gasteiger partial charge is 0.0967 e. The Bertz CT molecular complexity index is 543. The summed E-state index contributed by atoms with van der Waals surface area (Å²) in [4.78, 5) is 4.29. The molecule has 2 rings (SSSR count). The van der Waals surface area contributed by atoms with Crippen LogP contribution in [0, 0.1) is 0 Å². The van der Waals surface area contributed by atoms with Gasteiger partial charge < -0.3 is 5.73 Å². The second kappa shape index (κ2) is 6.62. The molecule has 1 aromatic carbocycles. The number of nitrogens with two attached hydrogens (primary N) is 1. The zero-order valence-corrected chi connectivity index (χ0v) is 12.7. The zero-order chi connectivity index (χ0) is 13.8. The van der Waals surface area contributed by atoms with Crippen LogP contribution in [0.15, 0.2) is 47.6 Å². The molecule has 2 nitrogen and oxygen atoms in total. The van der Waals surface area contributed by atoms with E-state index in [1.165, 1.54) is 0 Å². The van der Waals surface area contributed by atoms with Crippen LogP contribution in [0.25, 0.3) is 0 Å². The van der Waals surface area contributed by atoms with Crippen LogP contribution >= 0.6 is 35.0 Å². The summed E-state index contributed by atoms with van der Waals surface area (Å²) in [7, 11) is 0. The van der Waals surface area contributed by atoms with Gasteiger partial charge in [0.05, 0.1) is 15.3 Å². The first-order valence-corrected chi connectivity index (χ1v) is 7.49. The van der Waals surface area contributed by atoms with Crippen molar-refractivity contribution in [3.63, 3.8) is 0 Å². The molecule has 0 fully saturated rings. The molecule has 0 spiro atoms. The van der Waals surface area contributed by atoms with E-state index in [0.717, 1.165) is 15.6 Å². The minimum atomic E-state index is -0.0395. The van der Waals surface area contributed by atoms with Crippen LogP contribution in [-0.4, -0.2) is 11.0 Å². The molecule has 100 valence electrons. The van der Waals surface area contributed by atoms with E-state index in [4.69, 9.17) is 28.9 Å². The maximum Gasteiger partial charge on any atom is 0.0967 e. The van der Waals surface area contributed by atoms with Crippen molar-refractivity contribution in [2.45, 2.75) is 23.2 Å². The summed E-state index contributed by atoms with van der Waals surface area (Å²) in [5.74, 6) is 0. The minimum Gasteiger partial charge on any atom is -0.327 e. The summed E-state index contributed by atoms with van der Waals surface area (Å²) in [6.45, 7) is 1.97. The minimum absolute atomic E-state index is 0.0395. The van der Waals surface area contributed by atoms with Crippen molar-refractivity contribution in [2.75, 3.05) is 0 Å². The van der Waals surface area contributed by atoms with Gasteiger partial charge in [0.1, 0.15) is 0 Å². The Morgan fingerprint density at radius 1 is 1.16 bits per heavy atom. The standard InChI is InChI=1S/C14H14Cl2N2S/c1-9(17)14(11-4-2-3-5-12(11)16)19-13-7-6-10(15)8-18-13/h2-9,14H,17H2,1H3. The van der Waals surface area contributed by atoms with E-state index in [1.54, 1.807) is 18.0 Å². The number of pyridine rings is 1. The van der Waals surface area contributed by atoms with Gasteiger partial charge in [-0.2, -0.15) is 0 Å². The first-order valence-electron chi connectivity index (χ1n) is 5.86. The monoisotopic (exact) mass is 312 g/mol. The lowest BCUT2D eigenvalue weighted by Gasteiger charge is -2.21. The van der Waals surface area contributed by atoms with Crippen LogP contribution in [0.2, 0.25) is 10.0 Å². The normalized spacial score (nSPS) is 14.1. The second-order valence-electron chi connectivity index (χ2n) is 4.23. The Labute approximate surface area is 127 Å². The lowest BCUT2D eigenvalue weighted by Crippen LogP contribution is -2.22. The fourth-order valence-electron chi connectivity index (χ4n) is 1.72. The van der Waals surface area contributed by atoms with Crippen molar-refractivity contribution in [1.82, 2.24) is 4.98 Å². The highest BCUT2D eigenvalue weighted by molar-refractivity contribution is 7.99. The molecular weight excluding hydrogens is 299 g/mol. The molecule has 0 radical (unpaired) electrons. The summed E-state index contributed by atoms with van der Waals surface area (Å²) >= 11 is 13.7. The third-order valence-electron chi connectivity index (χ3n) is 2.64. The van der Waals surface area contributed by atoms with Gasteiger partial charge in [0.2, 0.25) is 0 Å². The van der Waals surface area contributed by atoms with E-state index in [1.807, 2.05) is 43.3 Å². The van der Waals surface area contributed by atoms with Crippen molar-refractivity contribution in [1.29, 1.82) is 0 Å². The highest BCUT2D eigenvalue weighted by Crippen LogP contribution is 2.39. The molecule has 0 aliphatic rings. The number of halogens is 2. The molecule has 0 amide bonds. The molecule has 2 aromatic rings. The summed E-state index contributed by atoms with van der Waals surface area (Å²) < 4.78 is 0. The molecule has 0 saturated heterocycles. The van der Waals surface area contributed by atoms with Gasteiger partial charge in [0.25, 0.3) is 0 Å². The Morgan fingerprint density at radius 3 is 2.47 bits per heavy atom. The molecule has 1 heterocycles. The molecule has 0 bridgehead atoms. The van der Waals surface area contributed by atoms with Gasteiger partial charge in [-0.3, -0.25) is 0 Å². The van der Waals surface area contributed by atoms with Crippen LogP contribution in [0.3, 0.4) is 0 Å². The predicted molar refractivity (Wildman–Crippen MR) is 82.9 cm³/mol. The van der Waals surface area contributed by atoms with Crippen LogP contribution in [0.4, 0.5) is 0 Å². The molecule has 0 saturated carbocycles. The van der Waals surface area contributed by atoms with E-state index in [-0.39, 0.29) is 11.3 Å². The van der Waals surface area contributed by atoms with Crippen molar-refractivity contribution in [3.8, 4) is 0 Å². The molecule has 19 heavy (non-hydrogen) atoms. The molecule has 5 heteroatoms. The zero-order valence-electron chi connectivity index (χ0n) is 10.4. The predicted octanol–water partition coefficient (Wildman–Crippen LogP) is 4.57. The lowest BCUT2D eigenvalue weighted by molar-refractivity contribution is 0.720. The topological polar surface area (TPSA) is 38.9 Å². The number of hydrogen-bond donors (Lipinski definition) is 1. The van der Waals surface area contributed by atoms with Crippen LogP contribution in [0.5, 0.6) is 0 Å². The van der Waals surface area contributed by atoms with Crippen molar-refractivity contribution >= 4 is 35.0 Å². The number of hydrogen-bond acceptors (Lipinski definition) is 3. The second-order valence-corrected chi connectivity index (χ2v) is 6.24. The average molecular weight is 313 g/mol. The molecule has 1 aromatic heterocycles. The van der Waals surface area contributed by atoms with Gasteiger partial charge in [-0.05, 0) is 30.7 Å². The van der Waals surface area contributed by atoms with E-state index in [0.29, 0.717) is 5.02 Å². The summed E-state index contributed by atoms with van der Waals surface area (Å²) in [6, 6.07) is 11.4. The van der Waals surface area contributed by atoms with Gasteiger partial charge in [0.15, 0.2) is 0 Å². The van der Waals surface area contributed by atoms with Gasteiger partial charge in [-0.1, -0.05) is 53.2 Å². The number of aromatic nitrogens is 1. The SMILES string of the molecule is CC(N)C(Sc1ccc(Cl)cn1)c1ccccc1Cl. The Balaban J connectivity index is 2.27. The average Bonchev–Trinajstić information content (AvgIpc) is 2.39. The van der Waals surface area contributed by atoms with Gasteiger partial charge >= 0.3 is 0 Å². The molecular formula is C14H14Cl2N2S. The van der Waals surface area contributed by atoms with Crippen molar-refractivity contribution in [3.05, 3.63) is 58.2 Å².